The van der Waals surface area contributed by atoms with Gasteiger partial charge in [-0.3, -0.25) is 4.79 Å². The van der Waals surface area contributed by atoms with Gasteiger partial charge in [0, 0.05) is 49.2 Å². The second-order valence-electron chi connectivity index (χ2n) is 11.8. The molecule has 9 heteroatoms. The van der Waals surface area contributed by atoms with E-state index in [4.69, 9.17) is 32.6 Å². The summed E-state index contributed by atoms with van der Waals surface area (Å²) in [6.45, 7) is 15.3. The Labute approximate surface area is 243 Å². The van der Waals surface area contributed by atoms with E-state index in [1.807, 2.05) is 42.5 Å². The van der Waals surface area contributed by atoms with E-state index < -0.39 is 8.32 Å². The number of nitrogens with one attached hydrogen (secondary N) is 2. The van der Waals surface area contributed by atoms with Crippen molar-refractivity contribution < 1.29 is 9.22 Å². The lowest BCUT2D eigenvalue weighted by atomic mass is 10.1. The van der Waals surface area contributed by atoms with Crippen molar-refractivity contribution in [3.63, 3.8) is 0 Å². The molecule has 1 saturated heterocycles. The molecule has 0 bridgehead atoms. The number of hydrogen-bond acceptors (Lipinski definition) is 5. The molecule has 1 aromatic heterocycles. The van der Waals surface area contributed by atoms with Crippen molar-refractivity contribution in [1.29, 1.82) is 0 Å². The molecular formula is C30H40Cl2N4O2Si. The number of halogens is 2. The fourth-order valence-corrected chi connectivity index (χ4v) is 6.12. The molecule has 4 rings (SSSR count). The zero-order valence-corrected chi connectivity index (χ0v) is 26.1. The molecule has 1 atom stereocenters. The summed E-state index contributed by atoms with van der Waals surface area (Å²) in [6.07, 6.45) is 1.70. The summed E-state index contributed by atoms with van der Waals surface area (Å²) in [5.74, 6) is 0.703. The first-order valence-corrected chi connectivity index (χ1v) is 17.4. The van der Waals surface area contributed by atoms with Gasteiger partial charge in [0.15, 0.2) is 8.32 Å². The van der Waals surface area contributed by atoms with Gasteiger partial charge in [0.25, 0.3) is 5.91 Å². The SMILES string of the molecule is CC(C)(C)[Si](C)(C)OCCN[C@H]1CCN(c2ccc3c(C(=O)NCCc4ccccc4Cl)c(Cl)ccc3n2)C1. The average Bonchev–Trinajstić information content (AvgIpc) is 3.36. The Bertz CT molecular complexity index is 1310. The molecular weight excluding hydrogens is 547 g/mol. The smallest absolute Gasteiger partial charge is 0.253 e. The number of aromatic nitrogens is 1. The van der Waals surface area contributed by atoms with Gasteiger partial charge < -0.3 is 20.0 Å². The Morgan fingerprint density at radius 1 is 1.08 bits per heavy atom. The van der Waals surface area contributed by atoms with Gasteiger partial charge in [0.05, 0.1) is 16.1 Å². The molecule has 0 aliphatic carbocycles. The highest BCUT2D eigenvalue weighted by Crippen LogP contribution is 2.36. The van der Waals surface area contributed by atoms with Gasteiger partial charge in [-0.1, -0.05) is 62.2 Å². The lowest BCUT2D eigenvalue weighted by molar-refractivity contribution is 0.0956. The van der Waals surface area contributed by atoms with Crippen molar-refractivity contribution in [3.8, 4) is 0 Å². The molecule has 2 aromatic carbocycles. The molecule has 1 amide bonds. The van der Waals surface area contributed by atoms with E-state index in [2.05, 4.69) is 49.4 Å². The predicted octanol–water partition coefficient (Wildman–Crippen LogP) is 6.70. The first-order chi connectivity index (χ1) is 18.5. The zero-order valence-electron chi connectivity index (χ0n) is 23.6. The van der Waals surface area contributed by atoms with Crippen molar-refractivity contribution in [1.82, 2.24) is 15.6 Å². The Morgan fingerprint density at radius 3 is 2.59 bits per heavy atom. The van der Waals surface area contributed by atoms with Crippen molar-refractivity contribution >= 4 is 54.1 Å². The quantitative estimate of drug-likeness (QED) is 0.204. The van der Waals surface area contributed by atoms with E-state index in [0.717, 1.165) is 54.9 Å². The van der Waals surface area contributed by atoms with Crippen LogP contribution in [0.5, 0.6) is 0 Å². The third-order valence-electron chi connectivity index (χ3n) is 7.99. The van der Waals surface area contributed by atoms with Gasteiger partial charge in [-0.05, 0) is 66.9 Å². The molecule has 2 heterocycles. The Kier molecular flexibility index (Phi) is 9.60. The van der Waals surface area contributed by atoms with Crippen LogP contribution >= 0.6 is 23.2 Å². The van der Waals surface area contributed by atoms with Crippen LogP contribution in [0.3, 0.4) is 0 Å². The maximum atomic E-state index is 13.1. The lowest BCUT2D eigenvalue weighted by Crippen LogP contribution is -2.43. The number of amides is 1. The zero-order chi connectivity index (χ0) is 28.2. The number of rotatable bonds is 10. The summed E-state index contributed by atoms with van der Waals surface area (Å²) < 4.78 is 6.31. The molecule has 2 N–H and O–H groups in total. The lowest BCUT2D eigenvalue weighted by Gasteiger charge is -2.36. The summed E-state index contributed by atoms with van der Waals surface area (Å²) in [4.78, 5) is 20.3. The van der Waals surface area contributed by atoms with Gasteiger partial charge >= 0.3 is 0 Å². The minimum Gasteiger partial charge on any atom is -0.416 e. The molecule has 0 saturated carbocycles. The summed E-state index contributed by atoms with van der Waals surface area (Å²) >= 11 is 12.7. The molecule has 1 aliphatic rings. The Hall–Kier alpha value is -2.16. The molecule has 39 heavy (non-hydrogen) atoms. The highest BCUT2D eigenvalue weighted by atomic mass is 35.5. The van der Waals surface area contributed by atoms with Crippen molar-refractivity contribution in [2.24, 2.45) is 0 Å². The second kappa shape index (κ2) is 12.6. The largest absolute Gasteiger partial charge is 0.416 e. The Balaban J connectivity index is 1.35. The molecule has 210 valence electrons. The molecule has 0 radical (unpaired) electrons. The number of benzene rings is 2. The molecule has 0 spiro atoms. The molecule has 0 unspecified atom stereocenters. The van der Waals surface area contributed by atoms with Gasteiger partial charge in [-0.2, -0.15) is 0 Å². The van der Waals surface area contributed by atoms with Crippen LogP contribution in [0, 0.1) is 0 Å². The van der Waals surface area contributed by atoms with E-state index >= 15 is 0 Å². The average molecular weight is 588 g/mol. The summed E-state index contributed by atoms with van der Waals surface area (Å²) in [7, 11) is -1.72. The molecule has 6 nitrogen and oxygen atoms in total. The van der Waals surface area contributed by atoms with Gasteiger partial charge in [-0.15, -0.1) is 0 Å². The molecule has 3 aromatic rings. The van der Waals surface area contributed by atoms with Crippen LogP contribution in [0.25, 0.3) is 10.9 Å². The van der Waals surface area contributed by atoms with Crippen molar-refractivity contribution in [2.45, 2.75) is 57.8 Å². The monoisotopic (exact) mass is 586 g/mol. The van der Waals surface area contributed by atoms with E-state index in [-0.39, 0.29) is 10.9 Å². The highest BCUT2D eigenvalue weighted by molar-refractivity contribution is 6.74. The van der Waals surface area contributed by atoms with E-state index in [9.17, 15) is 4.79 Å². The number of carbonyl (C=O) groups is 1. The minimum absolute atomic E-state index is 0.211. The van der Waals surface area contributed by atoms with Gasteiger partial charge in [-0.25, -0.2) is 4.98 Å². The second-order valence-corrected chi connectivity index (χ2v) is 17.4. The Morgan fingerprint density at radius 2 is 1.85 bits per heavy atom. The van der Waals surface area contributed by atoms with E-state index in [1.54, 1.807) is 6.07 Å². The fourth-order valence-electron chi connectivity index (χ4n) is 4.59. The standard InChI is InChI=1S/C30H40Cl2N4O2Si/c1-30(2,3)39(4,5)38-19-17-33-22-15-18-36(20-22)27-13-10-23-26(35-27)12-11-25(32)28(23)29(37)34-16-14-21-8-6-7-9-24(21)31/h6-13,22,33H,14-20H2,1-5H3,(H,34,37)/t22-/m0/s1. The topological polar surface area (TPSA) is 66.5 Å². The first kappa shape index (κ1) is 29.8. The predicted molar refractivity (Wildman–Crippen MR) is 166 cm³/mol. The number of pyridine rings is 1. The normalized spacial score (nSPS) is 16.2. The van der Waals surface area contributed by atoms with Gasteiger partial charge in [0.1, 0.15) is 5.82 Å². The third-order valence-corrected chi connectivity index (χ3v) is 13.2. The third kappa shape index (κ3) is 7.33. The summed E-state index contributed by atoms with van der Waals surface area (Å²) in [5.41, 5.74) is 2.21. The van der Waals surface area contributed by atoms with Crippen LogP contribution < -0.4 is 15.5 Å². The van der Waals surface area contributed by atoms with Crippen LogP contribution in [-0.2, 0) is 10.8 Å². The van der Waals surface area contributed by atoms with E-state index in [1.165, 1.54) is 0 Å². The molecule has 1 fully saturated rings. The van der Waals surface area contributed by atoms with Crippen LogP contribution in [0.4, 0.5) is 5.82 Å². The summed E-state index contributed by atoms with van der Waals surface area (Å²) in [5, 5.41) is 8.73. The van der Waals surface area contributed by atoms with Gasteiger partial charge in [0.2, 0.25) is 0 Å². The van der Waals surface area contributed by atoms with Crippen LogP contribution in [-0.4, -0.2) is 58.0 Å². The number of hydrogen-bond donors (Lipinski definition) is 2. The summed E-state index contributed by atoms with van der Waals surface area (Å²) in [6, 6.07) is 15.6. The van der Waals surface area contributed by atoms with Crippen molar-refractivity contribution in [3.05, 3.63) is 69.7 Å². The number of fused-ring (bicyclic) bond motifs is 1. The van der Waals surface area contributed by atoms with Crippen LogP contribution in [0.2, 0.25) is 28.2 Å². The van der Waals surface area contributed by atoms with Crippen molar-refractivity contribution in [2.75, 3.05) is 37.7 Å². The van der Waals surface area contributed by atoms with Crippen LogP contribution in [0.15, 0.2) is 48.5 Å². The first-order valence-electron chi connectivity index (χ1n) is 13.7. The van der Waals surface area contributed by atoms with E-state index in [0.29, 0.717) is 34.6 Å². The number of nitrogens with zero attached hydrogens (tertiary/aromatic N) is 2. The minimum atomic E-state index is -1.72. The maximum absolute atomic E-state index is 13.1. The van der Waals surface area contributed by atoms with Crippen LogP contribution in [0.1, 0.15) is 43.1 Å². The number of carbonyl (C=O) groups excluding carboxylic acids is 1. The molecule has 1 aliphatic heterocycles. The highest BCUT2D eigenvalue weighted by Gasteiger charge is 2.37. The fraction of sp³-hybridized carbons (Fsp3) is 0.467. The maximum Gasteiger partial charge on any atom is 0.253 e. The number of anilines is 1.